The fourth-order valence-electron chi connectivity index (χ4n) is 20.3. The summed E-state index contributed by atoms with van der Waals surface area (Å²) in [4.78, 5) is 76.8. The van der Waals surface area contributed by atoms with Gasteiger partial charge in [-0.05, 0) is 243 Å². The first kappa shape index (κ1) is 74.1. The third kappa shape index (κ3) is 22.7. The Balaban J connectivity index is 0.690. The zero-order chi connectivity index (χ0) is 65.2. The smallest absolute Gasteiger partial charge is 0.333 e. The van der Waals surface area contributed by atoms with E-state index in [-0.39, 0.29) is 59.5 Å². The van der Waals surface area contributed by atoms with Crippen molar-refractivity contribution < 1.29 is 57.2 Å². The van der Waals surface area contributed by atoms with Crippen LogP contribution in [0.5, 0.6) is 0 Å². The van der Waals surface area contributed by atoms with Gasteiger partial charge in [-0.15, -0.1) is 0 Å². The lowest BCUT2D eigenvalue weighted by Crippen LogP contribution is -2.35. The summed E-state index contributed by atoms with van der Waals surface area (Å²) in [6.07, 6.45) is 47.6. The Morgan fingerprint density at radius 2 is 0.826 bits per heavy atom. The Morgan fingerprint density at radius 1 is 0.380 bits per heavy atom. The highest BCUT2D eigenvalue weighted by atomic mass is 16.6. The molecule has 0 amide bonds. The average Bonchev–Trinajstić information content (AvgIpc) is 1.60. The molecular formula is C80H130O12. The maximum atomic E-state index is 13.3. The van der Waals surface area contributed by atoms with Gasteiger partial charge in [-0.25, -0.2) is 9.59 Å². The van der Waals surface area contributed by atoms with E-state index < -0.39 is 0 Å². The van der Waals surface area contributed by atoms with E-state index in [0.29, 0.717) is 156 Å². The zero-order valence-electron chi connectivity index (χ0n) is 58.6. The van der Waals surface area contributed by atoms with Gasteiger partial charge in [0.1, 0.15) is 0 Å². The van der Waals surface area contributed by atoms with Gasteiger partial charge in [-0.3, -0.25) is 19.2 Å². The minimum Gasteiger partial charge on any atom is -0.465 e. The van der Waals surface area contributed by atoms with E-state index in [2.05, 4.69) is 33.9 Å². The van der Waals surface area contributed by atoms with Crippen LogP contribution in [0.3, 0.4) is 0 Å². The van der Waals surface area contributed by atoms with E-state index in [0.717, 1.165) is 100 Å². The summed E-state index contributed by atoms with van der Waals surface area (Å²) in [5.41, 5.74) is 0.453. The molecule has 522 valence electrons. The molecular weight excluding hydrogens is 1150 g/mol. The van der Waals surface area contributed by atoms with Crippen LogP contribution in [0.2, 0.25) is 0 Å². The lowest BCUT2D eigenvalue weighted by atomic mass is 9.61. The van der Waals surface area contributed by atoms with Crippen LogP contribution < -0.4 is 0 Å². The van der Waals surface area contributed by atoms with Crippen molar-refractivity contribution in [1.82, 2.24) is 0 Å². The first-order valence-corrected chi connectivity index (χ1v) is 39.0. The molecule has 13 unspecified atom stereocenters. The van der Waals surface area contributed by atoms with Crippen molar-refractivity contribution in [3.8, 4) is 0 Å². The summed E-state index contributed by atoms with van der Waals surface area (Å²) in [6, 6.07) is 0. The lowest BCUT2D eigenvalue weighted by Gasteiger charge is -2.44. The number of unbranched alkanes of at least 4 members (excludes halogenated alkanes) is 14. The molecule has 0 aromatic heterocycles. The predicted molar refractivity (Wildman–Crippen MR) is 363 cm³/mol. The lowest BCUT2D eigenvalue weighted by molar-refractivity contribution is -0.156. The number of carbonyl (C=O) groups excluding carboxylic acids is 6. The molecule has 15 atom stereocenters. The molecule has 0 aromatic rings. The fraction of sp³-hybridized carbons (Fsp3) is 0.875. The number of rotatable bonds is 41. The van der Waals surface area contributed by atoms with Crippen molar-refractivity contribution >= 4 is 35.8 Å². The van der Waals surface area contributed by atoms with Crippen LogP contribution in [0, 0.1) is 112 Å². The summed E-state index contributed by atoms with van der Waals surface area (Å²) in [5, 5.41) is 0. The van der Waals surface area contributed by atoms with Crippen molar-refractivity contribution in [2.75, 3.05) is 39.6 Å². The van der Waals surface area contributed by atoms with Crippen molar-refractivity contribution in [2.24, 2.45) is 112 Å². The number of fused-ring (bicyclic) bond motifs is 5. The molecule has 0 aromatic carbocycles. The Bertz CT molecular complexity index is 2260. The topological polar surface area (TPSA) is 158 Å². The van der Waals surface area contributed by atoms with Gasteiger partial charge in [0.15, 0.2) is 0 Å². The van der Waals surface area contributed by atoms with E-state index in [1.165, 1.54) is 147 Å². The molecule has 0 saturated heterocycles. The van der Waals surface area contributed by atoms with Crippen molar-refractivity contribution in [2.45, 2.75) is 291 Å². The van der Waals surface area contributed by atoms with Crippen LogP contribution in [0.25, 0.3) is 0 Å². The summed E-state index contributed by atoms with van der Waals surface area (Å²) >= 11 is 0. The summed E-state index contributed by atoms with van der Waals surface area (Å²) < 4.78 is 34.7. The maximum Gasteiger partial charge on any atom is 0.333 e. The second-order valence-electron chi connectivity index (χ2n) is 31.9. The van der Waals surface area contributed by atoms with Crippen molar-refractivity contribution in [3.63, 3.8) is 0 Å². The number of esters is 6. The summed E-state index contributed by atoms with van der Waals surface area (Å²) in [5.74, 6) is 8.05. The van der Waals surface area contributed by atoms with Gasteiger partial charge >= 0.3 is 35.8 Å². The Labute approximate surface area is 558 Å². The fourth-order valence-corrected chi connectivity index (χ4v) is 20.3. The molecule has 0 aliphatic heterocycles. The van der Waals surface area contributed by atoms with Gasteiger partial charge in [-0.2, -0.15) is 0 Å². The molecule has 0 radical (unpaired) electrons. The average molecular weight is 1280 g/mol. The zero-order valence-corrected chi connectivity index (χ0v) is 58.6. The summed E-state index contributed by atoms with van der Waals surface area (Å²) in [6.45, 7) is 18.9. The third-order valence-electron chi connectivity index (χ3n) is 25.4. The van der Waals surface area contributed by atoms with Crippen LogP contribution in [0.15, 0.2) is 24.8 Å². The molecule has 8 rings (SSSR count). The number of carbonyl (C=O) groups is 6. The second-order valence-corrected chi connectivity index (χ2v) is 31.9. The molecule has 12 heteroatoms. The molecule has 8 saturated carbocycles. The Morgan fingerprint density at radius 3 is 1.37 bits per heavy atom. The van der Waals surface area contributed by atoms with Crippen molar-refractivity contribution in [1.29, 1.82) is 0 Å². The monoisotopic (exact) mass is 1280 g/mol. The Kier molecular flexibility index (Phi) is 31.8. The first-order chi connectivity index (χ1) is 44.7. The van der Waals surface area contributed by atoms with Gasteiger partial charge in [-0.1, -0.05) is 150 Å². The van der Waals surface area contributed by atoms with E-state index in [9.17, 15) is 28.8 Å². The summed E-state index contributed by atoms with van der Waals surface area (Å²) in [7, 11) is 0. The largest absolute Gasteiger partial charge is 0.465 e. The molecule has 92 heavy (non-hydrogen) atoms. The minimum atomic E-state index is -0.336. The van der Waals surface area contributed by atoms with Crippen LogP contribution in [0.1, 0.15) is 291 Å². The van der Waals surface area contributed by atoms with Gasteiger partial charge in [0.25, 0.3) is 0 Å². The number of ether oxygens (including phenoxy) is 6. The molecule has 12 nitrogen and oxygen atoms in total. The van der Waals surface area contributed by atoms with Crippen molar-refractivity contribution in [3.05, 3.63) is 24.8 Å². The van der Waals surface area contributed by atoms with Gasteiger partial charge in [0.05, 0.1) is 63.3 Å². The predicted octanol–water partition coefficient (Wildman–Crippen LogP) is 18.9. The quantitative estimate of drug-likeness (QED) is 0.0247. The third-order valence-corrected chi connectivity index (χ3v) is 25.4. The van der Waals surface area contributed by atoms with Crippen LogP contribution in [0.4, 0.5) is 0 Å². The highest BCUT2D eigenvalue weighted by molar-refractivity contribution is 5.87. The van der Waals surface area contributed by atoms with Crippen LogP contribution in [-0.2, 0) is 57.2 Å². The standard InChI is InChI=1S/C80H130O12/c1-7-10-12-14-15-21-27-61-33-32-60(26-20-13-11-8-2)69(28-22-16-18-24-43-88-78(84)63-36-40-65(41-37-63)80(86)92-54-68-49-67-50-73(68)74-48-59(47-72(67)74)52-89-75(81)9-3)70(61)29-23-17-19-25-42-87-77(83)62-34-38-64(39-35-62)79(85)91-51-57-30-31-66(45-57)71-46-58(44-56(71)6)53-90-76(82)55(4)5/h9,56-74H,3-4,7-8,10-54H2,1-2,5-6H3/t56-,57?,58?,59?,60?,61?,62?,63?,64?,65?,66?,67?,68?,69?,70?,71?,72?,73?,74-/m0/s1. The van der Waals surface area contributed by atoms with Gasteiger partial charge < -0.3 is 28.4 Å². The number of hydrogen-bond acceptors (Lipinski definition) is 12. The number of hydrogen-bond donors (Lipinski definition) is 0. The highest BCUT2D eigenvalue weighted by Crippen LogP contribution is 2.62. The SMILES string of the molecule is C=CC(=O)OCC1CC2C3CC(COC(=O)C4CCC(C(=O)OCCCCCCC5C(CCCCCC)CCC(CCCCCCCC)C5CCCCCCOC(=O)C5CCC(C(=O)OCC6CCC(C7CC(COC(=O)C(=C)C)C[C@@H]7C)C6)CC5)CC4)C(C3)[C@H]2C1. The van der Waals surface area contributed by atoms with E-state index in [1.54, 1.807) is 6.92 Å². The van der Waals surface area contributed by atoms with E-state index in [4.69, 9.17) is 28.4 Å². The molecule has 0 N–H and O–H groups in total. The maximum absolute atomic E-state index is 13.3. The second kappa shape index (κ2) is 39.5. The van der Waals surface area contributed by atoms with E-state index in [1.807, 2.05) is 0 Å². The molecule has 8 aliphatic rings. The van der Waals surface area contributed by atoms with Crippen LogP contribution in [-0.4, -0.2) is 75.5 Å². The molecule has 8 aliphatic carbocycles. The van der Waals surface area contributed by atoms with Crippen LogP contribution >= 0.6 is 0 Å². The van der Waals surface area contributed by atoms with E-state index >= 15 is 0 Å². The first-order valence-electron chi connectivity index (χ1n) is 39.0. The Hall–Kier alpha value is -3.70. The minimum absolute atomic E-state index is 0.0782. The van der Waals surface area contributed by atoms with Gasteiger partial charge in [0, 0.05) is 11.6 Å². The molecule has 0 spiro atoms. The normalized spacial score (nSPS) is 33.2. The highest BCUT2D eigenvalue weighted by Gasteiger charge is 2.56. The van der Waals surface area contributed by atoms with Gasteiger partial charge in [0.2, 0.25) is 0 Å². The molecule has 0 heterocycles. The molecule has 8 fully saturated rings. The molecule has 2 bridgehead atoms.